The quantitative estimate of drug-likeness (QED) is 0.696. The molecule has 3 aromatic rings. The third-order valence-electron chi connectivity index (χ3n) is 3.87. The van der Waals surface area contributed by atoms with Crippen molar-refractivity contribution in [1.29, 1.82) is 0 Å². The van der Waals surface area contributed by atoms with Crippen LogP contribution in [-0.4, -0.2) is 34.1 Å². The van der Waals surface area contributed by atoms with Gasteiger partial charge in [0.05, 0.1) is 5.69 Å². The number of amides is 1. The maximum Gasteiger partial charge on any atom is 0.573 e. The highest BCUT2D eigenvalue weighted by atomic mass is 19.4. The van der Waals surface area contributed by atoms with E-state index in [2.05, 4.69) is 14.8 Å². The normalized spacial score (nSPS) is 11.3. The lowest BCUT2D eigenvalue weighted by atomic mass is 10.1. The summed E-state index contributed by atoms with van der Waals surface area (Å²) < 4.78 is 42.6. The lowest BCUT2D eigenvalue weighted by Gasteiger charge is -2.20. The molecular weight excluding hydrogens is 361 g/mol. The summed E-state index contributed by atoms with van der Waals surface area (Å²) in [6.45, 7) is 1.77. The van der Waals surface area contributed by atoms with E-state index in [1.165, 1.54) is 42.8 Å². The Morgan fingerprint density at radius 1 is 1.19 bits per heavy atom. The number of benzene rings is 2. The highest BCUT2D eigenvalue weighted by Gasteiger charge is 2.31. The molecule has 2 aromatic carbocycles. The van der Waals surface area contributed by atoms with Crippen molar-refractivity contribution in [1.82, 2.24) is 14.8 Å². The molecule has 0 spiro atoms. The molecule has 0 radical (unpaired) electrons. The van der Waals surface area contributed by atoms with Crippen molar-refractivity contribution in [3.63, 3.8) is 0 Å². The van der Waals surface area contributed by atoms with Gasteiger partial charge in [-0.3, -0.25) is 4.79 Å². The third-order valence-corrected chi connectivity index (χ3v) is 3.87. The number of hydrogen-bond acceptors (Lipinski definition) is 4. The van der Waals surface area contributed by atoms with Crippen LogP contribution < -0.4 is 9.64 Å². The van der Waals surface area contributed by atoms with Gasteiger partial charge < -0.3 is 9.64 Å². The van der Waals surface area contributed by atoms with Gasteiger partial charge in [0.2, 0.25) is 0 Å². The van der Waals surface area contributed by atoms with Gasteiger partial charge in [0.15, 0.2) is 0 Å². The molecular formula is C18H15F3N4O2. The fourth-order valence-corrected chi connectivity index (χ4v) is 2.56. The maximum absolute atomic E-state index is 12.8. The number of carbonyl (C=O) groups is 1. The lowest BCUT2D eigenvalue weighted by Crippen LogP contribution is -2.27. The summed E-state index contributed by atoms with van der Waals surface area (Å²) in [6.07, 6.45) is -1.86. The molecule has 0 bridgehead atoms. The molecule has 6 nitrogen and oxygen atoms in total. The Labute approximate surface area is 152 Å². The van der Waals surface area contributed by atoms with E-state index in [9.17, 15) is 18.0 Å². The minimum atomic E-state index is -4.80. The van der Waals surface area contributed by atoms with Crippen molar-refractivity contribution in [2.24, 2.45) is 0 Å². The van der Waals surface area contributed by atoms with E-state index in [-0.39, 0.29) is 11.6 Å². The fraction of sp³-hybridized carbons (Fsp3) is 0.167. The molecule has 27 heavy (non-hydrogen) atoms. The number of carbonyl (C=O) groups excluding carboxylic acids is 1. The maximum atomic E-state index is 12.8. The number of hydrogen-bond donors (Lipinski definition) is 0. The van der Waals surface area contributed by atoms with Crippen LogP contribution in [0.5, 0.6) is 5.75 Å². The molecule has 0 saturated carbocycles. The third kappa shape index (κ3) is 4.25. The number of ether oxygens (including phenoxy) is 1. The summed E-state index contributed by atoms with van der Waals surface area (Å²) in [5.74, 6) is -0.750. The van der Waals surface area contributed by atoms with Crippen LogP contribution in [0.1, 0.15) is 15.9 Å². The van der Waals surface area contributed by atoms with Crippen molar-refractivity contribution in [3.8, 4) is 11.4 Å². The summed E-state index contributed by atoms with van der Waals surface area (Å²) in [5.41, 5.74) is 2.14. The molecule has 0 fully saturated rings. The average molecular weight is 376 g/mol. The zero-order valence-corrected chi connectivity index (χ0v) is 14.4. The Balaban J connectivity index is 1.84. The minimum absolute atomic E-state index is 0.279. The Morgan fingerprint density at radius 2 is 1.96 bits per heavy atom. The molecule has 3 rings (SSSR count). The smallest absolute Gasteiger partial charge is 0.406 e. The molecule has 0 aliphatic rings. The predicted molar refractivity (Wildman–Crippen MR) is 92.0 cm³/mol. The number of aromatic nitrogens is 3. The van der Waals surface area contributed by atoms with Crippen molar-refractivity contribution in [2.45, 2.75) is 13.3 Å². The summed E-state index contributed by atoms with van der Waals surface area (Å²) in [4.78, 5) is 17.9. The summed E-state index contributed by atoms with van der Waals surface area (Å²) in [6, 6.07) is 10.4. The van der Waals surface area contributed by atoms with Crippen LogP contribution in [0.3, 0.4) is 0 Å². The number of nitrogens with zero attached hydrogens (tertiary/aromatic N) is 4. The molecule has 140 valence electrons. The number of anilines is 1. The van der Waals surface area contributed by atoms with E-state index in [4.69, 9.17) is 0 Å². The predicted octanol–water partition coefficient (Wildman–Crippen LogP) is 3.75. The molecule has 0 atom stereocenters. The van der Waals surface area contributed by atoms with Gasteiger partial charge in [0.25, 0.3) is 5.91 Å². The molecule has 1 amide bonds. The number of rotatable bonds is 4. The Hall–Kier alpha value is -3.36. The van der Waals surface area contributed by atoms with Gasteiger partial charge >= 0.3 is 6.36 Å². The summed E-state index contributed by atoms with van der Waals surface area (Å²) in [7, 11) is 1.49. The number of aryl methyl sites for hydroxylation is 1. The van der Waals surface area contributed by atoms with Gasteiger partial charge in [-0.25, -0.2) is 9.67 Å². The molecule has 0 aliphatic carbocycles. The molecule has 1 aromatic heterocycles. The second-order valence-corrected chi connectivity index (χ2v) is 5.75. The Morgan fingerprint density at radius 3 is 2.59 bits per heavy atom. The Bertz CT molecular complexity index is 955. The van der Waals surface area contributed by atoms with E-state index in [1.807, 2.05) is 0 Å². The van der Waals surface area contributed by atoms with Gasteiger partial charge in [-0.1, -0.05) is 6.07 Å². The van der Waals surface area contributed by atoms with Gasteiger partial charge in [-0.2, -0.15) is 5.10 Å². The van der Waals surface area contributed by atoms with Crippen LogP contribution >= 0.6 is 0 Å². The monoisotopic (exact) mass is 376 g/mol. The van der Waals surface area contributed by atoms with E-state index < -0.39 is 12.1 Å². The fourth-order valence-electron chi connectivity index (χ4n) is 2.56. The first kappa shape index (κ1) is 18.4. The average Bonchev–Trinajstić information content (AvgIpc) is 3.14. The summed E-state index contributed by atoms with van der Waals surface area (Å²) >= 11 is 0. The van der Waals surface area contributed by atoms with E-state index >= 15 is 0 Å². The second kappa shape index (κ2) is 7.10. The molecule has 9 heteroatoms. The molecule has 0 saturated heterocycles. The first-order valence-corrected chi connectivity index (χ1v) is 7.84. The van der Waals surface area contributed by atoms with Crippen LogP contribution in [0.25, 0.3) is 5.69 Å². The highest BCUT2D eigenvalue weighted by Crippen LogP contribution is 2.27. The van der Waals surface area contributed by atoms with Crippen LogP contribution in [-0.2, 0) is 0 Å². The van der Waals surface area contributed by atoms with Crippen molar-refractivity contribution >= 4 is 11.6 Å². The number of halogens is 3. The lowest BCUT2D eigenvalue weighted by molar-refractivity contribution is -0.274. The van der Waals surface area contributed by atoms with Crippen LogP contribution in [0.4, 0.5) is 18.9 Å². The summed E-state index contributed by atoms with van der Waals surface area (Å²) in [5, 5.41) is 4.03. The standard InChI is InChI=1S/C18H15F3N4O2/c1-12-8-14(25-11-22-10-23-25)6-7-16(12)17(26)24(2)13-4-3-5-15(9-13)27-18(19,20)21/h3-11H,1-2H3. The van der Waals surface area contributed by atoms with Crippen molar-refractivity contribution in [2.75, 3.05) is 11.9 Å². The van der Waals surface area contributed by atoms with Crippen molar-refractivity contribution in [3.05, 3.63) is 66.2 Å². The van der Waals surface area contributed by atoms with E-state index in [1.54, 1.807) is 29.8 Å². The van der Waals surface area contributed by atoms with Crippen LogP contribution in [0.15, 0.2) is 55.1 Å². The zero-order chi connectivity index (χ0) is 19.6. The Kier molecular flexibility index (Phi) is 4.85. The van der Waals surface area contributed by atoms with Crippen molar-refractivity contribution < 1.29 is 22.7 Å². The van der Waals surface area contributed by atoms with Gasteiger partial charge in [-0.05, 0) is 42.8 Å². The molecule has 0 aliphatic heterocycles. The van der Waals surface area contributed by atoms with Crippen LogP contribution in [0.2, 0.25) is 0 Å². The molecule has 0 unspecified atom stereocenters. The van der Waals surface area contributed by atoms with E-state index in [0.29, 0.717) is 11.1 Å². The largest absolute Gasteiger partial charge is 0.573 e. The highest BCUT2D eigenvalue weighted by molar-refractivity contribution is 6.06. The van der Waals surface area contributed by atoms with E-state index in [0.717, 1.165) is 11.8 Å². The minimum Gasteiger partial charge on any atom is -0.406 e. The molecule has 0 N–H and O–H groups in total. The first-order chi connectivity index (χ1) is 12.7. The first-order valence-electron chi connectivity index (χ1n) is 7.84. The zero-order valence-electron chi connectivity index (χ0n) is 14.4. The van der Waals surface area contributed by atoms with Gasteiger partial charge in [0, 0.05) is 24.4 Å². The second-order valence-electron chi connectivity index (χ2n) is 5.75. The molecule has 1 heterocycles. The topological polar surface area (TPSA) is 60.2 Å². The SMILES string of the molecule is Cc1cc(-n2cncn2)ccc1C(=O)N(C)c1cccc(OC(F)(F)F)c1. The van der Waals surface area contributed by atoms with Crippen LogP contribution in [0, 0.1) is 6.92 Å². The van der Waals surface area contributed by atoms with Gasteiger partial charge in [0.1, 0.15) is 18.4 Å². The van der Waals surface area contributed by atoms with Gasteiger partial charge in [-0.15, -0.1) is 13.2 Å². The number of alkyl halides is 3.